The van der Waals surface area contributed by atoms with Crippen molar-refractivity contribution in [3.8, 4) is 0 Å². The number of urea groups is 1. The molecule has 0 aliphatic rings. The Hall–Kier alpha value is -1.03. The van der Waals surface area contributed by atoms with Crippen LogP contribution in [0.15, 0.2) is 12.7 Å². The number of hydrogen-bond donors (Lipinski definition) is 2. The predicted octanol–water partition coefficient (Wildman–Crippen LogP) is 0.116. The summed E-state index contributed by atoms with van der Waals surface area (Å²) < 4.78 is 4.83. The second-order valence-electron chi connectivity index (χ2n) is 2.02. The summed E-state index contributed by atoms with van der Waals surface area (Å²) in [5, 5.41) is 5.06. The lowest BCUT2D eigenvalue weighted by Crippen LogP contribution is -2.41. The van der Waals surface area contributed by atoms with Crippen LogP contribution < -0.4 is 10.6 Å². The Bertz CT molecular complexity index is 136. The highest BCUT2D eigenvalue weighted by Crippen LogP contribution is 1.84. The van der Waals surface area contributed by atoms with Gasteiger partial charge in [-0.05, 0) is 0 Å². The number of nitrogens with one attached hydrogen (secondary N) is 2. The normalized spacial score (nSPS) is 11.8. The van der Waals surface area contributed by atoms with E-state index in [0.29, 0.717) is 6.61 Å². The summed E-state index contributed by atoms with van der Waals surface area (Å²) in [5.74, 6) is 0. The molecule has 0 aliphatic heterocycles. The number of amides is 2. The molecule has 1 atom stereocenters. The Kier molecular flexibility index (Phi) is 5.20. The zero-order chi connectivity index (χ0) is 8.69. The van der Waals surface area contributed by atoms with Crippen molar-refractivity contribution in [3.63, 3.8) is 0 Å². The third-order valence-electron chi connectivity index (χ3n) is 1.17. The molecule has 0 aromatic rings. The number of carbonyl (C=O) groups excluding carboxylic acids is 1. The molecule has 4 heteroatoms. The van der Waals surface area contributed by atoms with E-state index in [0.717, 1.165) is 0 Å². The second-order valence-corrected chi connectivity index (χ2v) is 2.02. The number of carbonyl (C=O) groups is 1. The highest BCUT2D eigenvalue weighted by molar-refractivity contribution is 5.74. The van der Waals surface area contributed by atoms with Crippen molar-refractivity contribution in [2.24, 2.45) is 0 Å². The summed E-state index contributed by atoms with van der Waals surface area (Å²) in [5.41, 5.74) is 0. The van der Waals surface area contributed by atoms with E-state index in [1.165, 1.54) is 0 Å². The van der Waals surface area contributed by atoms with Crippen LogP contribution in [0.3, 0.4) is 0 Å². The van der Waals surface area contributed by atoms with Crippen LogP contribution in [0.1, 0.15) is 0 Å². The number of rotatable bonds is 4. The number of hydrogen-bond acceptors (Lipinski definition) is 2. The van der Waals surface area contributed by atoms with Crippen molar-refractivity contribution >= 4 is 6.03 Å². The molecule has 0 radical (unpaired) electrons. The van der Waals surface area contributed by atoms with Crippen molar-refractivity contribution in [1.82, 2.24) is 10.6 Å². The average Bonchev–Trinajstić information content (AvgIpc) is 2.03. The van der Waals surface area contributed by atoms with E-state index in [4.69, 9.17) is 4.74 Å². The van der Waals surface area contributed by atoms with E-state index in [1.54, 1.807) is 20.2 Å². The standard InChI is InChI=1S/C7H14N2O2/c1-4-6(5-11-3)9-7(10)8-2/h4,6H,1,5H2,2-3H3,(H2,8,9,10). The first-order valence-corrected chi connectivity index (χ1v) is 3.34. The monoisotopic (exact) mass is 158 g/mol. The van der Waals surface area contributed by atoms with Crippen LogP contribution in [0.25, 0.3) is 0 Å². The van der Waals surface area contributed by atoms with Gasteiger partial charge in [0, 0.05) is 14.2 Å². The molecule has 2 N–H and O–H groups in total. The molecule has 0 aliphatic carbocycles. The molecule has 0 fully saturated rings. The molecule has 0 heterocycles. The van der Waals surface area contributed by atoms with E-state index < -0.39 is 0 Å². The molecule has 4 nitrogen and oxygen atoms in total. The van der Waals surface area contributed by atoms with Crippen LogP contribution in [0, 0.1) is 0 Å². The van der Waals surface area contributed by atoms with Crippen molar-refractivity contribution in [1.29, 1.82) is 0 Å². The van der Waals surface area contributed by atoms with Crippen LogP contribution >= 0.6 is 0 Å². The first-order chi connectivity index (χ1) is 5.24. The third-order valence-corrected chi connectivity index (χ3v) is 1.17. The summed E-state index contributed by atoms with van der Waals surface area (Å²) in [6.45, 7) is 3.99. The van der Waals surface area contributed by atoms with E-state index in [9.17, 15) is 4.79 Å². The predicted molar refractivity (Wildman–Crippen MR) is 43.5 cm³/mol. The molecule has 0 rings (SSSR count). The lowest BCUT2D eigenvalue weighted by molar-refractivity contribution is 0.179. The summed E-state index contributed by atoms with van der Waals surface area (Å²) in [4.78, 5) is 10.7. The van der Waals surface area contributed by atoms with Gasteiger partial charge in [-0.1, -0.05) is 6.08 Å². The molecule has 0 aromatic carbocycles. The summed E-state index contributed by atoms with van der Waals surface area (Å²) in [6, 6.07) is -0.355. The Morgan fingerprint density at radius 3 is 2.82 bits per heavy atom. The summed E-state index contributed by atoms with van der Waals surface area (Å²) in [6.07, 6.45) is 1.62. The first-order valence-electron chi connectivity index (χ1n) is 3.34. The highest BCUT2D eigenvalue weighted by Gasteiger charge is 2.04. The van der Waals surface area contributed by atoms with Gasteiger partial charge in [-0.25, -0.2) is 4.79 Å². The number of methoxy groups -OCH3 is 1. The van der Waals surface area contributed by atoms with Gasteiger partial charge in [0.2, 0.25) is 0 Å². The van der Waals surface area contributed by atoms with Crippen LogP contribution in [-0.2, 0) is 4.74 Å². The van der Waals surface area contributed by atoms with Gasteiger partial charge in [0.1, 0.15) is 0 Å². The van der Waals surface area contributed by atoms with Gasteiger partial charge in [-0.3, -0.25) is 0 Å². The van der Waals surface area contributed by atoms with Gasteiger partial charge < -0.3 is 15.4 Å². The molecule has 11 heavy (non-hydrogen) atoms. The molecule has 2 amide bonds. The lowest BCUT2D eigenvalue weighted by atomic mass is 10.3. The highest BCUT2D eigenvalue weighted by atomic mass is 16.5. The second kappa shape index (κ2) is 5.73. The fourth-order valence-corrected chi connectivity index (χ4v) is 0.589. The number of ether oxygens (including phenoxy) is 1. The minimum absolute atomic E-state index is 0.125. The van der Waals surface area contributed by atoms with E-state index >= 15 is 0 Å². The summed E-state index contributed by atoms with van der Waals surface area (Å²) in [7, 11) is 3.13. The van der Waals surface area contributed by atoms with Gasteiger partial charge in [0.05, 0.1) is 12.6 Å². The van der Waals surface area contributed by atoms with E-state index in [2.05, 4.69) is 17.2 Å². The summed E-state index contributed by atoms with van der Waals surface area (Å²) >= 11 is 0. The van der Waals surface area contributed by atoms with E-state index in [-0.39, 0.29) is 12.1 Å². The van der Waals surface area contributed by atoms with Crippen molar-refractivity contribution < 1.29 is 9.53 Å². The van der Waals surface area contributed by atoms with Gasteiger partial charge >= 0.3 is 6.03 Å². The SMILES string of the molecule is C=CC(COC)NC(=O)NC. The Labute approximate surface area is 66.6 Å². The maximum atomic E-state index is 10.7. The zero-order valence-corrected chi connectivity index (χ0v) is 6.89. The zero-order valence-electron chi connectivity index (χ0n) is 6.89. The quantitative estimate of drug-likeness (QED) is 0.571. The van der Waals surface area contributed by atoms with Crippen molar-refractivity contribution in [3.05, 3.63) is 12.7 Å². The first kappa shape index (κ1) is 9.97. The van der Waals surface area contributed by atoms with Crippen LogP contribution in [0.4, 0.5) is 4.79 Å². The Morgan fingerprint density at radius 2 is 2.45 bits per heavy atom. The van der Waals surface area contributed by atoms with Crippen molar-refractivity contribution in [2.75, 3.05) is 20.8 Å². The molecule has 0 spiro atoms. The van der Waals surface area contributed by atoms with Crippen LogP contribution in [-0.4, -0.2) is 32.8 Å². The van der Waals surface area contributed by atoms with Crippen LogP contribution in [0.5, 0.6) is 0 Å². The van der Waals surface area contributed by atoms with Gasteiger partial charge in [0.15, 0.2) is 0 Å². The molecular formula is C7H14N2O2. The molecular weight excluding hydrogens is 144 g/mol. The lowest BCUT2D eigenvalue weighted by Gasteiger charge is -2.12. The average molecular weight is 158 g/mol. The Morgan fingerprint density at radius 1 is 1.82 bits per heavy atom. The van der Waals surface area contributed by atoms with Crippen LogP contribution in [0.2, 0.25) is 0 Å². The van der Waals surface area contributed by atoms with Gasteiger partial charge in [-0.2, -0.15) is 0 Å². The molecule has 0 saturated heterocycles. The molecule has 0 aromatic heterocycles. The topological polar surface area (TPSA) is 50.4 Å². The van der Waals surface area contributed by atoms with Gasteiger partial charge in [-0.15, -0.1) is 6.58 Å². The van der Waals surface area contributed by atoms with Crippen molar-refractivity contribution in [2.45, 2.75) is 6.04 Å². The smallest absolute Gasteiger partial charge is 0.315 e. The largest absolute Gasteiger partial charge is 0.382 e. The fraction of sp³-hybridized carbons (Fsp3) is 0.571. The molecule has 1 unspecified atom stereocenters. The van der Waals surface area contributed by atoms with Gasteiger partial charge in [0.25, 0.3) is 0 Å². The maximum absolute atomic E-state index is 10.7. The molecule has 64 valence electrons. The maximum Gasteiger partial charge on any atom is 0.315 e. The Balaban J connectivity index is 3.67. The molecule has 0 saturated carbocycles. The third kappa shape index (κ3) is 4.38. The molecule has 0 bridgehead atoms. The van der Waals surface area contributed by atoms with E-state index in [1.807, 2.05) is 0 Å². The fourth-order valence-electron chi connectivity index (χ4n) is 0.589. The minimum atomic E-state index is -0.230. The minimum Gasteiger partial charge on any atom is -0.382 e.